The van der Waals surface area contributed by atoms with Crippen molar-refractivity contribution >= 4 is 42.5 Å². The summed E-state index contributed by atoms with van der Waals surface area (Å²) < 4.78 is 0. The number of rotatable bonds is 4. The van der Waals surface area contributed by atoms with E-state index in [4.69, 9.17) is 5.73 Å². The highest BCUT2D eigenvalue weighted by molar-refractivity contribution is 6.22. The van der Waals surface area contributed by atoms with Gasteiger partial charge in [0.05, 0.1) is 17.7 Å². The molecule has 2 unspecified atom stereocenters. The number of pyridine rings is 1. The van der Waals surface area contributed by atoms with E-state index in [1.807, 2.05) is 0 Å². The Kier molecular flexibility index (Phi) is 8.17. The van der Waals surface area contributed by atoms with E-state index < -0.39 is 0 Å². The van der Waals surface area contributed by atoms with Crippen LogP contribution in [0.2, 0.25) is 0 Å². The third-order valence-corrected chi connectivity index (χ3v) is 5.82. The molecule has 2 N–H and O–H groups in total. The number of aromatic nitrogens is 1. The molecule has 0 radical (unpaired) electrons. The van der Waals surface area contributed by atoms with Crippen LogP contribution in [0.5, 0.6) is 0 Å². The van der Waals surface area contributed by atoms with Gasteiger partial charge in [-0.1, -0.05) is 6.92 Å². The van der Waals surface area contributed by atoms with Crippen LogP contribution in [-0.4, -0.2) is 51.6 Å². The standard InChI is InChI=1S/C22H24N4O3.2ClH/c1-14-6-9-25(17(10-14)12-23)20(27)16-2-3-18-19(11-16)22(29)26(21(18)28)13-15-4-7-24-8-5-15;;/h2-5,7-8,11,14,17H,6,9-10,12-13,23H2,1H3;2*1H. The Morgan fingerprint density at radius 1 is 1.10 bits per heavy atom. The zero-order valence-electron chi connectivity index (χ0n) is 17.2. The molecule has 0 spiro atoms. The first-order valence-corrected chi connectivity index (χ1v) is 9.89. The fraction of sp³-hybridized carbons (Fsp3) is 0.364. The average molecular weight is 465 g/mol. The molecule has 1 fully saturated rings. The number of hydrogen-bond donors (Lipinski definition) is 1. The summed E-state index contributed by atoms with van der Waals surface area (Å²) in [6.45, 7) is 3.41. The lowest BCUT2D eigenvalue weighted by atomic mass is 9.91. The van der Waals surface area contributed by atoms with Crippen molar-refractivity contribution in [2.24, 2.45) is 11.7 Å². The lowest BCUT2D eigenvalue weighted by molar-refractivity contribution is 0.0573. The van der Waals surface area contributed by atoms with Crippen LogP contribution in [0.15, 0.2) is 42.7 Å². The fourth-order valence-corrected chi connectivity index (χ4v) is 4.15. The minimum absolute atomic E-state index is 0. The van der Waals surface area contributed by atoms with E-state index in [1.165, 1.54) is 4.90 Å². The van der Waals surface area contributed by atoms with Gasteiger partial charge >= 0.3 is 0 Å². The number of nitrogens with two attached hydrogens (primary N) is 1. The molecule has 166 valence electrons. The minimum Gasteiger partial charge on any atom is -0.334 e. The molecule has 2 aromatic rings. The molecule has 0 aliphatic carbocycles. The van der Waals surface area contributed by atoms with E-state index >= 15 is 0 Å². The van der Waals surface area contributed by atoms with Crippen LogP contribution in [0.3, 0.4) is 0 Å². The largest absolute Gasteiger partial charge is 0.334 e. The molecule has 2 aliphatic heterocycles. The Morgan fingerprint density at radius 2 is 1.77 bits per heavy atom. The normalized spacial score (nSPS) is 20.1. The van der Waals surface area contributed by atoms with E-state index in [1.54, 1.807) is 47.6 Å². The number of hydrogen-bond acceptors (Lipinski definition) is 5. The highest BCUT2D eigenvalue weighted by atomic mass is 35.5. The number of amides is 3. The zero-order chi connectivity index (χ0) is 20.5. The van der Waals surface area contributed by atoms with Crippen LogP contribution in [0, 0.1) is 5.92 Å². The summed E-state index contributed by atoms with van der Waals surface area (Å²) in [6.07, 6.45) is 5.06. The highest BCUT2D eigenvalue weighted by Gasteiger charge is 2.37. The smallest absolute Gasteiger partial charge is 0.261 e. The van der Waals surface area contributed by atoms with Gasteiger partial charge < -0.3 is 10.6 Å². The molecular weight excluding hydrogens is 439 g/mol. The monoisotopic (exact) mass is 464 g/mol. The van der Waals surface area contributed by atoms with Crippen LogP contribution in [0.25, 0.3) is 0 Å². The maximum Gasteiger partial charge on any atom is 0.261 e. The lowest BCUT2D eigenvalue weighted by Gasteiger charge is -2.38. The predicted molar refractivity (Wildman–Crippen MR) is 122 cm³/mol. The zero-order valence-corrected chi connectivity index (χ0v) is 18.8. The number of benzene rings is 1. The second-order valence-corrected chi connectivity index (χ2v) is 7.83. The summed E-state index contributed by atoms with van der Waals surface area (Å²) in [5.41, 5.74) is 7.75. The van der Waals surface area contributed by atoms with Crippen molar-refractivity contribution in [1.29, 1.82) is 0 Å². The summed E-state index contributed by atoms with van der Waals surface area (Å²) in [7, 11) is 0. The fourth-order valence-electron chi connectivity index (χ4n) is 4.15. The third kappa shape index (κ3) is 4.74. The van der Waals surface area contributed by atoms with Crippen molar-refractivity contribution in [1.82, 2.24) is 14.8 Å². The topological polar surface area (TPSA) is 96.6 Å². The van der Waals surface area contributed by atoms with Crippen LogP contribution < -0.4 is 5.73 Å². The molecule has 31 heavy (non-hydrogen) atoms. The first kappa shape index (κ1) is 24.8. The van der Waals surface area contributed by atoms with E-state index in [9.17, 15) is 14.4 Å². The summed E-state index contributed by atoms with van der Waals surface area (Å²) in [5, 5.41) is 0. The number of likely N-dealkylation sites (tertiary alicyclic amines) is 1. The van der Waals surface area contributed by atoms with Gasteiger partial charge in [0.1, 0.15) is 0 Å². The van der Waals surface area contributed by atoms with Crippen molar-refractivity contribution in [3.05, 3.63) is 65.0 Å². The van der Waals surface area contributed by atoms with Gasteiger partial charge in [0.2, 0.25) is 0 Å². The molecule has 3 heterocycles. The van der Waals surface area contributed by atoms with Crippen LogP contribution >= 0.6 is 24.8 Å². The molecule has 9 heteroatoms. The Balaban J connectivity index is 0.00000171. The van der Waals surface area contributed by atoms with E-state index in [0.717, 1.165) is 18.4 Å². The van der Waals surface area contributed by atoms with Crippen molar-refractivity contribution in [2.75, 3.05) is 13.1 Å². The molecular formula is C22H26Cl2N4O3. The van der Waals surface area contributed by atoms with E-state index in [-0.39, 0.29) is 60.7 Å². The highest BCUT2D eigenvalue weighted by Crippen LogP contribution is 2.28. The predicted octanol–water partition coefficient (Wildman–Crippen LogP) is 2.92. The van der Waals surface area contributed by atoms with Gasteiger partial charge in [-0.05, 0) is 54.7 Å². The molecule has 2 atom stereocenters. The van der Waals surface area contributed by atoms with Crippen molar-refractivity contribution in [2.45, 2.75) is 32.4 Å². The van der Waals surface area contributed by atoms with E-state index in [2.05, 4.69) is 11.9 Å². The number of nitrogens with zero attached hydrogens (tertiary/aromatic N) is 3. The minimum atomic E-state index is -0.376. The molecule has 4 rings (SSSR count). The summed E-state index contributed by atoms with van der Waals surface area (Å²) in [4.78, 5) is 45.6. The van der Waals surface area contributed by atoms with Gasteiger partial charge in [-0.2, -0.15) is 0 Å². The molecule has 0 saturated carbocycles. The molecule has 3 amide bonds. The molecule has 1 aromatic carbocycles. The third-order valence-electron chi connectivity index (χ3n) is 5.82. The van der Waals surface area contributed by atoms with Gasteiger partial charge in [-0.25, -0.2) is 0 Å². The summed E-state index contributed by atoms with van der Waals surface area (Å²) in [6, 6.07) is 8.30. The maximum absolute atomic E-state index is 13.1. The SMILES string of the molecule is CC1CCN(C(=O)c2ccc3c(c2)C(=O)N(Cc2ccncc2)C3=O)C(CN)C1.Cl.Cl. The van der Waals surface area contributed by atoms with Gasteiger partial charge in [0, 0.05) is 37.1 Å². The Labute approximate surface area is 193 Å². The van der Waals surface area contributed by atoms with Gasteiger partial charge in [-0.15, -0.1) is 24.8 Å². The number of carbonyl (C=O) groups is 3. The number of piperidine rings is 1. The number of imide groups is 1. The lowest BCUT2D eigenvalue weighted by Crippen LogP contribution is -2.49. The maximum atomic E-state index is 13.1. The molecule has 1 saturated heterocycles. The Hall–Kier alpha value is -2.48. The Morgan fingerprint density at radius 3 is 2.45 bits per heavy atom. The first-order chi connectivity index (χ1) is 14.0. The first-order valence-electron chi connectivity index (χ1n) is 9.89. The summed E-state index contributed by atoms with van der Waals surface area (Å²) >= 11 is 0. The summed E-state index contributed by atoms with van der Waals surface area (Å²) in [5.74, 6) is -0.317. The van der Waals surface area contributed by atoms with E-state index in [0.29, 0.717) is 30.1 Å². The second kappa shape index (κ2) is 10.2. The van der Waals surface area contributed by atoms with Crippen molar-refractivity contribution < 1.29 is 14.4 Å². The van der Waals surface area contributed by atoms with Crippen LogP contribution in [0.4, 0.5) is 0 Å². The van der Waals surface area contributed by atoms with Gasteiger partial charge in [0.15, 0.2) is 0 Å². The number of fused-ring (bicyclic) bond motifs is 1. The average Bonchev–Trinajstić information content (AvgIpc) is 2.98. The van der Waals surface area contributed by atoms with Crippen molar-refractivity contribution in [3.8, 4) is 0 Å². The quantitative estimate of drug-likeness (QED) is 0.701. The number of halogens is 2. The molecule has 0 bridgehead atoms. The van der Waals surface area contributed by atoms with Gasteiger partial charge in [0.25, 0.3) is 17.7 Å². The van der Waals surface area contributed by atoms with Crippen molar-refractivity contribution in [3.63, 3.8) is 0 Å². The van der Waals surface area contributed by atoms with Crippen LogP contribution in [0.1, 0.15) is 56.4 Å². The number of carbonyl (C=O) groups excluding carboxylic acids is 3. The van der Waals surface area contributed by atoms with Crippen LogP contribution in [-0.2, 0) is 6.54 Å². The Bertz CT molecular complexity index is 970. The molecule has 7 nitrogen and oxygen atoms in total. The molecule has 1 aromatic heterocycles. The second-order valence-electron chi connectivity index (χ2n) is 7.83. The molecule has 2 aliphatic rings. The van der Waals surface area contributed by atoms with Gasteiger partial charge in [-0.3, -0.25) is 24.3 Å².